The minimum Gasteiger partial charge on any atom is -0.478 e. The lowest BCUT2D eigenvalue weighted by atomic mass is 10.1. The second-order valence-electron chi connectivity index (χ2n) is 6.14. The summed E-state index contributed by atoms with van der Waals surface area (Å²) >= 11 is 1.59. The van der Waals surface area contributed by atoms with Gasteiger partial charge in [-0.2, -0.15) is 0 Å². The highest BCUT2D eigenvalue weighted by Crippen LogP contribution is 2.31. The first-order chi connectivity index (χ1) is 12.2. The molecule has 1 N–H and O–H groups in total. The summed E-state index contributed by atoms with van der Waals surface area (Å²) in [5.74, 6) is 0.0347. The quantitative estimate of drug-likeness (QED) is 0.797. The molecule has 2 aromatic rings. The Bertz CT molecular complexity index is 713. The third-order valence-electron chi connectivity index (χ3n) is 4.48. The summed E-state index contributed by atoms with van der Waals surface area (Å²) in [6, 6.07) is 16.3. The first kappa shape index (κ1) is 17.8. The summed E-state index contributed by atoms with van der Waals surface area (Å²) in [6.45, 7) is 6.59. The molecular weight excluding hydrogens is 332 g/mol. The van der Waals surface area contributed by atoms with Crippen LogP contribution in [0.4, 0.5) is 5.69 Å². The average molecular weight is 356 g/mol. The number of piperazine rings is 1. The number of carbonyl (C=O) groups is 1. The maximum atomic E-state index is 11.8. The fourth-order valence-corrected chi connectivity index (χ4v) is 4.08. The molecule has 0 radical (unpaired) electrons. The predicted molar refractivity (Wildman–Crippen MR) is 104 cm³/mol. The molecule has 25 heavy (non-hydrogen) atoms. The Morgan fingerprint density at radius 1 is 1.04 bits per heavy atom. The Kier molecular flexibility index (Phi) is 6.00. The van der Waals surface area contributed by atoms with Crippen LogP contribution in [0.3, 0.4) is 0 Å². The van der Waals surface area contributed by atoms with Crippen molar-refractivity contribution in [2.75, 3.05) is 36.8 Å². The van der Waals surface area contributed by atoms with Crippen molar-refractivity contribution in [2.24, 2.45) is 0 Å². The van der Waals surface area contributed by atoms with Crippen molar-refractivity contribution in [2.45, 2.75) is 18.4 Å². The Morgan fingerprint density at radius 3 is 2.40 bits per heavy atom. The van der Waals surface area contributed by atoms with E-state index in [0.29, 0.717) is 5.56 Å². The van der Waals surface area contributed by atoms with Crippen LogP contribution >= 0.6 is 11.8 Å². The molecule has 0 spiro atoms. The number of hydrogen-bond donors (Lipinski definition) is 1. The zero-order valence-electron chi connectivity index (χ0n) is 14.5. The van der Waals surface area contributed by atoms with Gasteiger partial charge in [-0.25, -0.2) is 4.79 Å². The molecule has 1 heterocycles. The lowest BCUT2D eigenvalue weighted by Crippen LogP contribution is -2.46. The van der Waals surface area contributed by atoms with E-state index < -0.39 is 5.97 Å². The van der Waals surface area contributed by atoms with E-state index in [2.05, 4.69) is 34.1 Å². The standard InChI is InChI=1S/C20H24N2O2S/c1-2-25-18-10-6-9-17(19(18)20(23)24)22-13-11-21(12-14-22)15-16-7-4-3-5-8-16/h3-10H,2,11-15H2,1H3,(H,23,24). The Hall–Kier alpha value is -1.98. The van der Waals surface area contributed by atoms with Crippen molar-refractivity contribution in [3.05, 3.63) is 59.7 Å². The summed E-state index contributed by atoms with van der Waals surface area (Å²) in [5, 5.41) is 9.70. The molecule has 1 aliphatic heterocycles. The van der Waals surface area contributed by atoms with Crippen molar-refractivity contribution in [3.63, 3.8) is 0 Å². The number of carboxylic acids is 1. The van der Waals surface area contributed by atoms with E-state index in [-0.39, 0.29) is 0 Å². The van der Waals surface area contributed by atoms with Crippen LogP contribution in [0.5, 0.6) is 0 Å². The van der Waals surface area contributed by atoms with Gasteiger partial charge in [-0.05, 0) is 23.4 Å². The average Bonchev–Trinajstić information content (AvgIpc) is 2.63. The molecule has 2 aromatic carbocycles. The first-order valence-electron chi connectivity index (χ1n) is 8.69. The number of carboxylic acid groups (broad SMARTS) is 1. The molecule has 0 bridgehead atoms. The van der Waals surface area contributed by atoms with Crippen LogP contribution in [-0.4, -0.2) is 47.9 Å². The molecule has 3 rings (SSSR count). The van der Waals surface area contributed by atoms with Gasteiger partial charge in [-0.3, -0.25) is 4.90 Å². The van der Waals surface area contributed by atoms with Crippen LogP contribution in [0.15, 0.2) is 53.4 Å². The van der Waals surface area contributed by atoms with Crippen molar-refractivity contribution in [1.29, 1.82) is 0 Å². The fraction of sp³-hybridized carbons (Fsp3) is 0.350. The van der Waals surface area contributed by atoms with Crippen molar-refractivity contribution in [1.82, 2.24) is 4.90 Å². The molecule has 0 saturated carbocycles. The van der Waals surface area contributed by atoms with E-state index >= 15 is 0 Å². The van der Waals surface area contributed by atoms with Crippen LogP contribution < -0.4 is 4.90 Å². The van der Waals surface area contributed by atoms with Gasteiger partial charge in [-0.1, -0.05) is 43.3 Å². The first-order valence-corrected chi connectivity index (χ1v) is 9.68. The van der Waals surface area contributed by atoms with Crippen molar-refractivity contribution in [3.8, 4) is 0 Å². The second-order valence-corrected chi connectivity index (χ2v) is 7.44. The van der Waals surface area contributed by atoms with E-state index in [4.69, 9.17) is 0 Å². The van der Waals surface area contributed by atoms with Crippen molar-refractivity contribution < 1.29 is 9.90 Å². The van der Waals surface area contributed by atoms with Gasteiger partial charge in [0, 0.05) is 37.6 Å². The van der Waals surface area contributed by atoms with Gasteiger partial charge in [0.2, 0.25) is 0 Å². The van der Waals surface area contributed by atoms with Crippen LogP contribution in [-0.2, 0) is 6.54 Å². The largest absolute Gasteiger partial charge is 0.478 e. The molecule has 132 valence electrons. The van der Waals surface area contributed by atoms with E-state index in [1.54, 1.807) is 11.8 Å². The normalized spacial score (nSPS) is 15.3. The highest BCUT2D eigenvalue weighted by atomic mass is 32.2. The number of hydrogen-bond acceptors (Lipinski definition) is 4. The molecule has 1 saturated heterocycles. The van der Waals surface area contributed by atoms with E-state index in [1.807, 2.05) is 31.2 Å². The summed E-state index contributed by atoms with van der Waals surface area (Å²) in [7, 11) is 0. The molecule has 0 unspecified atom stereocenters. The molecule has 1 aliphatic rings. The summed E-state index contributed by atoms with van der Waals surface area (Å²) < 4.78 is 0. The molecule has 0 aliphatic carbocycles. The maximum absolute atomic E-state index is 11.8. The van der Waals surface area contributed by atoms with E-state index in [9.17, 15) is 9.90 Å². The molecule has 0 atom stereocenters. The molecule has 0 aromatic heterocycles. The topological polar surface area (TPSA) is 43.8 Å². The smallest absolute Gasteiger partial charge is 0.338 e. The van der Waals surface area contributed by atoms with Gasteiger partial charge >= 0.3 is 5.97 Å². The Labute approximate surface area is 153 Å². The number of nitrogens with zero attached hydrogens (tertiary/aromatic N) is 2. The molecule has 1 fully saturated rings. The molecule has 4 nitrogen and oxygen atoms in total. The molecule has 0 amide bonds. The zero-order chi connectivity index (χ0) is 17.6. The molecular formula is C20H24N2O2S. The van der Waals surface area contributed by atoms with Gasteiger partial charge in [0.15, 0.2) is 0 Å². The number of anilines is 1. The second kappa shape index (κ2) is 8.41. The van der Waals surface area contributed by atoms with Crippen LogP contribution in [0, 0.1) is 0 Å². The summed E-state index contributed by atoms with van der Waals surface area (Å²) in [6.07, 6.45) is 0. The third kappa shape index (κ3) is 4.35. The number of benzene rings is 2. The third-order valence-corrected chi connectivity index (χ3v) is 5.42. The lowest BCUT2D eigenvalue weighted by molar-refractivity contribution is 0.0693. The van der Waals surface area contributed by atoms with Gasteiger partial charge in [0.1, 0.15) is 0 Å². The number of thioether (sulfide) groups is 1. The van der Waals surface area contributed by atoms with Crippen LogP contribution in [0.2, 0.25) is 0 Å². The SMILES string of the molecule is CCSc1cccc(N2CCN(Cc3ccccc3)CC2)c1C(=O)O. The van der Waals surface area contributed by atoms with Gasteiger partial charge in [0.05, 0.1) is 11.3 Å². The van der Waals surface area contributed by atoms with Crippen molar-refractivity contribution >= 4 is 23.4 Å². The minimum absolute atomic E-state index is 0.450. The van der Waals surface area contributed by atoms with Gasteiger partial charge < -0.3 is 10.0 Å². The number of aromatic carboxylic acids is 1. The Morgan fingerprint density at radius 2 is 1.76 bits per heavy atom. The highest BCUT2D eigenvalue weighted by molar-refractivity contribution is 7.99. The zero-order valence-corrected chi connectivity index (χ0v) is 15.3. The summed E-state index contributed by atoms with van der Waals surface area (Å²) in [5.41, 5.74) is 2.62. The van der Waals surface area contributed by atoms with E-state index in [0.717, 1.165) is 49.1 Å². The van der Waals surface area contributed by atoms with Gasteiger partial charge in [-0.15, -0.1) is 11.8 Å². The van der Waals surface area contributed by atoms with Crippen LogP contribution in [0.1, 0.15) is 22.8 Å². The van der Waals surface area contributed by atoms with Gasteiger partial charge in [0.25, 0.3) is 0 Å². The highest BCUT2D eigenvalue weighted by Gasteiger charge is 2.23. The monoisotopic (exact) mass is 356 g/mol. The minimum atomic E-state index is -0.835. The predicted octanol–water partition coefficient (Wildman–Crippen LogP) is 3.82. The maximum Gasteiger partial charge on any atom is 0.338 e. The van der Waals surface area contributed by atoms with Crippen LogP contribution in [0.25, 0.3) is 0 Å². The summed E-state index contributed by atoms with van der Waals surface area (Å²) in [4.78, 5) is 17.3. The lowest BCUT2D eigenvalue weighted by Gasteiger charge is -2.37. The fourth-order valence-electron chi connectivity index (χ4n) is 3.26. The number of rotatable bonds is 6. The van der Waals surface area contributed by atoms with E-state index in [1.165, 1.54) is 5.56 Å². The Balaban J connectivity index is 1.70. The molecule has 5 heteroatoms.